The SMILES string of the molecule is CCN(CC)[C@@H]1CCN(C(=O)Nc2ccc3c(c2)COC3=O)C1. The third kappa shape index (κ3) is 3.17. The van der Waals surface area contributed by atoms with Crippen LogP contribution in [-0.4, -0.2) is 54.0 Å². The zero-order valence-electron chi connectivity index (χ0n) is 13.7. The van der Waals surface area contributed by atoms with Crippen LogP contribution in [0.2, 0.25) is 0 Å². The van der Waals surface area contributed by atoms with Crippen molar-refractivity contribution in [2.24, 2.45) is 0 Å². The van der Waals surface area contributed by atoms with Gasteiger partial charge in [0.2, 0.25) is 0 Å². The molecular weight excluding hydrogens is 294 g/mol. The molecule has 6 heteroatoms. The summed E-state index contributed by atoms with van der Waals surface area (Å²) in [7, 11) is 0. The van der Waals surface area contributed by atoms with Crippen LogP contribution < -0.4 is 5.32 Å². The number of carbonyl (C=O) groups is 2. The maximum Gasteiger partial charge on any atom is 0.338 e. The summed E-state index contributed by atoms with van der Waals surface area (Å²) in [6, 6.07) is 5.65. The molecule has 1 aromatic rings. The molecule has 1 N–H and O–H groups in total. The number of cyclic esters (lactones) is 1. The quantitative estimate of drug-likeness (QED) is 0.866. The predicted molar refractivity (Wildman–Crippen MR) is 87.5 cm³/mol. The van der Waals surface area contributed by atoms with Gasteiger partial charge in [-0.3, -0.25) is 4.90 Å². The standard InChI is InChI=1S/C17H23N3O3/c1-3-19(4-2)14-7-8-20(10-14)17(22)18-13-5-6-15-12(9-13)11-23-16(15)21/h5-6,9,14H,3-4,7-8,10-11H2,1-2H3,(H,18,22)/t14-/m1/s1. The molecule has 2 heterocycles. The number of anilines is 1. The van der Waals surface area contributed by atoms with Crippen LogP contribution in [0.25, 0.3) is 0 Å². The normalized spacial score (nSPS) is 19.9. The molecule has 0 aromatic heterocycles. The molecule has 3 rings (SSSR count). The van der Waals surface area contributed by atoms with Crippen LogP contribution in [0.5, 0.6) is 0 Å². The van der Waals surface area contributed by atoms with Crippen molar-refractivity contribution in [1.82, 2.24) is 9.80 Å². The van der Waals surface area contributed by atoms with Crippen LogP contribution in [0, 0.1) is 0 Å². The van der Waals surface area contributed by atoms with Crippen LogP contribution in [0.4, 0.5) is 10.5 Å². The van der Waals surface area contributed by atoms with E-state index in [2.05, 4.69) is 24.1 Å². The lowest BCUT2D eigenvalue weighted by Crippen LogP contribution is -2.39. The maximum absolute atomic E-state index is 12.4. The first-order valence-electron chi connectivity index (χ1n) is 8.22. The number of esters is 1. The van der Waals surface area contributed by atoms with Gasteiger partial charge in [-0.25, -0.2) is 9.59 Å². The fourth-order valence-corrected chi connectivity index (χ4v) is 3.38. The summed E-state index contributed by atoms with van der Waals surface area (Å²) in [6.45, 7) is 8.15. The minimum atomic E-state index is -0.292. The van der Waals surface area contributed by atoms with E-state index in [1.54, 1.807) is 12.1 Å². The highest BCUT2D eigenvalue weighted by Gasteiger charge is 2.29. The number of fused-ring (bicyclic) bond motifs is 1. The van der Waals surface area contributed by atoms with E-state index in [1.807, 2.05) is 11.0 Å². The Morgan fingerprint density at radius 3 is 2.91 bits per heavy atom. The van der Waals surface area contributed by atoms with Gasteiger partial charge in [0.25, 0.3) is 0 Å². The van der Waals surface area contributed by atoms with Gasteiger partial charge >= 0.3 is 12.0 Å². The van der Waals surface area contributed by atoms with Crippen LogP contribution in [0.3, 0.4) is 0 Å². The van der Waals surface area contributed by atoms with E-state index in [0.29, 0.717) is 17.3 Å². The number of urea groups is 1. The fraction of sp³-hybridized carbons (Fsp3) is 0.529. The molecule has 2 amide bonds. The molecule has 0 unspecified atom stereocenters. The van der Waals surface area contributed by atoms with Crippen molar-refractivity contribution in [3.63, 3.8) is 0 Å². The molecular formula is C17H23N3O3. The number of hydrogen-bond acceptors (Lipinski definition) is 4. The maximum atomic E-state index is 12.4. The van der Waals surface area contributed by atoms with Gasteiger partial charge < -0.3 is 15.0 Å². The van der Waals surface area contributed by atoms with Crippen molar-refractivity contribution < 1.29 is 14.3 Å². The number of carbonyl (C=O) groups excluding carboxylic acids is 2. The van der Waals surface area contributed by atoms with Crippen LogP contribution in [0.15, 0.2) is 18.2 Å². The molecule has 0 saturated carbocycles. The molecule has 0 aliphatic carbocycles. The molecule has 0 spiro atoms. The molecule has 124 valence electrons. The first-order chi connectivity index (χ1) is 11.1. The van der Waals surface area contributed by atoms with E-state index in [1.165, 1.54) is 0 Å². The Morgan fingerprint density at radius 2 is 2.17 bits per heavy atom. The lowest BCUT2D eigenvalue weighted by atomic mass is 10.1. The summed E-state index contributed by atoms with van der Waals surface area (Å²) in [4.78, 5) is 28.1. The van der Waals surface area contributed by atoms with Crippen LogP contribution in [-0.2, 0) is 11.3 Å². The Kier molecular flexibility index (Phi) is 4.52. The summed E-state index contributed by atoms with van der Waals surface area (Å²) in [5.74, 6) is -0.292. The third-order valence-electron chi connectivity index (χ3n) is 4.71. The minimum Gasteiger partial charge on any atom is -0.457 e. The van der Waals surface area contributed by atoms with Crippen molar-refractivity contribution in [3.05, 3.63) is 29.3 Å². The first-order valence-corrected chi connectivity index (χ1v) is 8.22. The van der Waals surface area contributed by atoms with E-state index >= 15 is 0 Å². The Labute approximate surface area is 136 Å². The Morgan fingerprint density at radius 1 is 1.39 bits per heavy atom. The van der Waals surface area contributed by atoms with E-state index < -0.39 is 0 Å². The molecule has 1 fully saturated rings. The second-order valence-electron chi connectivity index (χ2n) is 5.99. The number of nitrogens with one attached hydrogen (secondary N) is 1. The second kappa shape index (κ2) is 6.58. The third-order valence-corrected chi connectivity index (χ3v) is 4.71. The lowest BCUT2D eigenvalue weighted by Gasteiger charge is -2.26. The monoisotopic (exact) mass is 317 g/mol. The molecule has 2 aliphatic heterocycles. The molecule has 1 aromatic carbocycles. The number of rotatable bonds is 4. The van der Waals surface area contributed by atoms with Gasteiger partial charge in [-0.05, 0) is 37.7 Å². The molecule has 2 aliphatic rings. The van der Waals surface area contributed by atoms with Crippen LogP contribution >= 0.6 is 0 Å². The summed E-state index contributed by atoms with van der Waals surface area (Å²) >= 11 is 0. The number of nitrogens with zero attached hydrogens (tertiary/aromatic N) is 2. The van der Waals surface area contributed by atoms with Crippen molar-refractivity contribution in [3.8, 4) is 0 Å². The topological polar surface area (TPSA) is 61.9 Å². The Bertz CT molecular complexity index is 613. The molecule has 0 radical (unpaired) electrons. The average Bonchev–Trinajstić information content (AvgIpc) is 3.16. The van der Waals surface area contributed by atoms with E-state index in [-0.39, 0.29) is 18.6 Å². The number of amides is 2. The van der Waals surface area contributed by atoms with Crippen molar-refractivity contribution in [1.29, 1.82) is 0 Å². The smallest absolute Gasteiger partial charge is 0.338 e. The van der Waals surface area contributed by atoms with Gasteiger partial charge in [0.05, 0.1) is 5.56 Å². The van der Waals surface area contributed by atoms with Crippen LogP contribution in [0.1, 0.15) is 36.2 Å². The predicted octanol–water partition coefficient (Wildman–Crippen LogP) is 2.30. The number of ether oxygens (including phenoxy) is 1. The number of benzene rings is 1. The van der Waals surface area contributed by atoms with Gasteiger partial charge in [0.15, 0.2) is 0 Å². The van der Waals surface area contributed by atoms with Gasteiger partial charge in [-0.1, -0.05) is 13.8 Å². The zero-order chi connectivity index (χ0) is 16.4. The van der Waals surface area contributed by atoms with Gasteiger partial charge in [0.1, 0.15) is 6.61 Å². The van der Waals surface area contributed by atoms with Gasteiger partial charge in [-0.15, -0.1) is 0 Å². The largest absolute Gasteiger partial charge is 0.457 e. The number of hydrogen-bond donors (Lipinski definition) is 1. The Hall–Kier alpha value is -2.08. The molecule has 0 bridgehead atoms. The highest BCUT2D eigenvalue weighted by molar-refractivity contribution is 5.95. The summed E-state index contributed by atoms with van der Waals surface area (Å²) in [5, 5.41) is 2.93. The molecule has 23 heavy (non-hydrogen) atoms. The summed E-state index contributed by atoms with van der Waals surface area (Å²) in [5.41, 5.74) is 2.12. The fourth-order valence-electron chi connectivity index (χ4n) is 3.38. The van der Waals surface area contributed by atoms with Gasteiger partial charge in [-0.2, -0.15) is 0 Å². The first kappa shape index (κ1) is 15.8. The summed E-state index contributed by atoms with van der Waals surface area (Å²) in [6.07, 6.45) is 1.02. The number of likely N-dealkylation sites (N-methyl/N-ethyl adjacent to an activating group) is 1. The Balaban J connectivity index is 1.61. The lowest BCUT2D eigenvalue weighted by molar-refractivity contribution is 0.0535. The summed E-state index contributed by atoms with van der Waals surface area (Å²) < 4.78 is 4.98. The van der Waals surface area contributed by atoms with E-state index in [0.717, 1.165) is 38.2 Å². The van der Waals surface area contributed by atoms with E-state index in [9.17, 15) is 9.59 Å². The zero-order valence-corrected chi connectivity index (χ0v) is 13.7. The number of likely N-dealkylation sites (tertiary alicyclic amines) is 1. The van der Waals surface area contributed by atoms with Gasteiger partial charge in [0, 0.05) is 30.4 Å². The molecule has 1 atom stereocenters. The second-order valence-corrected chi connectivity index (χ2v) is 5.99. The average molecular weight is 317 g/mol. The molecule has 6 nitrogen and oxygen atoms in total. The highest BCUT2D eigenvalue weighted by atomic mass is 16.5. The van der Waals surface area contributed by atoms with Crippen molar-refractivity contribution in [2.45, 2.75) is 32.9 Å². The minimum absolute atomic E-state index is 0.0788. The van der Waals surface area contributed by atoms with Crippen molar-refractivity contribution in [2.75, 3.05) is 31.5 Å². The highest BCUT2D eigenvalue weighted by Crippen LogP contribution is 2.24. The van der Waals surface area contributed by atoms with Crippen molar-refractivity contribution >= 4 is 17.7 Å². The van der Waals surface area contributed by atoms with E-state index in [4.69, 9.17) is 4.74 Å². The molecule has 1 saturated heterocycles.